The van der Waals surface area contributed by atoms with Gasteiger partial charge in [-0.15, -0.1) is 0 Å². The number of hydrogen-bond donors (Lipinski definition) is 1. The maximum atomic E-state index is 11.7. The summed E-state index contributed by atoms with van der Waals surface area (Å²) >= 11 is 6.00. The van der Waals surface area contributed by atoms with Crippen LogP contribution in [0.5, 0.6) is 0 Å². The highest BCUT2D eigenvalue weighted by atomic mass is 35.5. The molecule has 0 atom stereocenters. The fourth-order valence-electron chi connectivity index (χ4n) is 1.43. The predicted molar refractivity (Wildman–Crippen MR) is 79.8 cm³/mol. The molecule has 0 aliphatic carbocycles. The maximum Gasteiger partial charge on any atom is 0.410 e. The highest BCUT2D eigenvalue weighted by molar-refractivity contribution is 6.31. The van der Waals surface area contributed by atoms with Gasteiger partial charge in [0.25, 0.3) is 0 Å². The van der Waals surface area contributed by atoms with Crippen molar-refractivity contribution in [3.8, 4) is 0 Å². The molecule has 1 rings (SSSR count). The Balaban J connectivity index is 2.27. The van der Waals surface area contributed by atoms with Crippen molar-refractivity contribution in [1.82, 2.24) is 15.2 Å². The molecule has 0 saturated heterocycles. The second kappa shape index (κ2) is 7.45. The average molecular weight is 300 g/mol. The van der Waals surface area contributed by atoms with Crippen molar-refractivity contribution in [3.05, 3.63) is 29.0 Å². The Bertz CT molecular complexity index is 446. The number of ether oxygens (including phenoxy) is 1. The quantitative estimate of drug-likeness (QED) is 0.849. The number of nitrogens with one attached hydrogen (secondary N) is 1. The summed E-state index contributed by atoms with van der Waals surface area (Å²) in [5.74, 6) is 0. The molecule has 1 N–H and O–H groups in total. The lowest BCUT2D eigenvalue weighted by atomic mass is 10.2. The molecule has 112 valence electrons. The van der Waals surface area contributed by atoms with Crippen LogP contribution in [0.1, 0.15) is 26.5 Å². The van der Waals surface area contributed by atoms with Gasteiger partial charge in [-0.25, -0.2) is 4.79 Å². The molecule has 5 nitrogen and oxygen atoms in total. The second-order valence-corrected chi connectivity index (χ2v) is 5.92. The lowest BCUT2D eigenvalue weighted by Crippen LogP contribution is -2.37. The van der Waals surface area contributed by atoms with E-state index in [9.17, 15) is 4.79 Å². The minimum Gasteiger partial charge on any atom is -0.444 e. The van der Waals surface area contributed by atoms with Crippen LogP contribution >= 0.6 is 11.6 Å². The zero-order chi connectivity index (χ0) is 15.2. The topological polar surface area (TPSA) is 54.5 Å². The second-order valence-electron chi connectivity index (χ2n) is 5.51. The number of halogens is 1. The summed E-state index contributed by atoms with van der Waals surface area (Å²) in [6.07, 6.45) is 1.38. The first-order valence-corrected chi connectivity index (χ1v) is 6.91. The molecule has 0 aliphatic rings. The van der Waals surface area contributed by atoms with Crippen LogP contribution in [0.4, 0.5) is 4.79 Å². The van der Waals surface area contributed by atoms with Gasteiger partial charge in [-0.1, -0.05) is 11.6 Å². The van der Waals surface area contributed by atoms with E-state index in [0.29, 0.717) is 24.7 Å². The third-order valence-electron chi connectivity index (χ3n) is 2.46. The summed E-state index contributed by atoms with van der Waals surface area (Å²) in [5, 5.41) is 3.83. The van der Waals surface area contributed by atoms with Crippen molar-refractivity contribution in [2.75, 3.05) is 20.1 Å². The first-order chi connectivity index (χ1) is 9.29. The number of likely N-dealkylation sites (N-methyl/N-ethyl adjacent to an activating group) is 1. The van der Waals surface area contributed by atoms with Gasteiger partial charge in [-0.3, -0.25) is 4.98 Å². The molecule has 0 unspecified atom stereocenters. The summed E-state index contributed by atoms with van der Waals surface area (Å²) in [6.45, 7) is 7.31. The van der Waals surface area contributed by atoms with Gasteiger partial charge in [0.2, 0.25) is 0 Å². The highest BCUT2D eigenvalue weighted by Crippen LogP contribution is 2.11. The molecule has 0 aliphatic heterocycles. The van der Waals surface area contributed by atoms with Crippen LogP contribution in [0.3, 0.4) is 0 Å². The summed E-state index contributed by atoms with van der Waals surface area (Å²) in [7, 11) is 1.71. The number of carbonyl (C=O) groups excluding carboxylic acids is 1. The lowest BCUT2D eigenvalue weighted by molar-refractivity contribution is 0.0300. The van der Waals surface area contributed by atoms with Crippen molar-refractivity contribution >= 4 is 17.7 Å². The minimum atomic E-state index is -0.472. The minimum absolute atomic E-state index is 0.324. The van der Waals surface area contributed by atoms with Crippen molar-refractivity contribution in [2.45, 2.75) is 32.9 Å². The number of carbonyl (C=O) groups is 1. The van der Waals surface area contributed by atoms with E-state index in [4.69, 9.17) is 16.3 Å². The first kappa shape index (κ1) is 16.7. The van der Waals surface area contributed by atoms with Gasteiger partial charge in [0.15, 0.2) is 0 Å². The monoisotopic (exact) mass is 299 g/mol. The summed E-state index contributed by atoms with van der Waals surface area (Å²) < 4.78 is 5.26. The molecule has 20 heavy (non-hydrogen) atoms. The van der Waals surface area contributed by atoms with Crippen LogP contribution in [0, 0.1) is 0 Å². The number of nitrogens with zero attached hydrogens (tertiary/aromatic N) is 2. The third-order valence-corrected chi connectivity index (χ3v) is 2.80. The fourth-order valence-corrected chi connectivity index (χ4v) is 1.62. The van der Waals surface area contributed by atoms with Crippen LogP contribution in [0.25, 0.3) is 0 Å². The Hall–Kier alpha value is -1.33. The number of rotatable bonds is 5. The molecule has 0 saturated carbocycles. The Labute approximate surface area is 125 Å². The number of hydrogen-bond acceptors (Lipinski definition) is 4. The molecule has 1 aromatic heterocycles. The standard InChI is InChI=1S/C14H22ClN3O2/c1-14(2,3)20-13(19)18(4)9-8-16-10-12-11(15)6-5-7-17-12/h5-7,16H,8-10H2,1-4H3. The SMILES string of the molecule is CN(CCNCc1ncccc1Cl)C(=O)OC(C)(C)C. The molecule has 1 aromatic rings. The number of pyridine rings is 1. The zero-order valence-electron chi connectivity index (χ0n) is 12.4. The van der Waals surface area contributed by atoms with E-state index in [-0.39, 0.29) is 6.09 Å². The number of amides is 1. The van der Waals surface area contributed by atoms with Crippen molar-refractivity contribution in [1.29, 1.82) is 0 Å². The Morgan fingerprint density at radius 3 is 2.80 bits per heavy atom. The molecule has 1 heterocycles. The van der Waals surface area contributed by atoms with Crippen molar-refractivity contribution < 1.29 is 9.53 Å². The Kier molecular flexibility index (Phi) is 6.23. The van der Waals surface area contributed by atoms with Gasteiger partial charge in [-0.05, 0) is 32.9 Å². The molecule has 0 spiro atoms. The van der Waals surface area contributed by atoms with E-state index < -0.39 is 5.60 Å². The largest absolute Gasteiger partial charge is 0.444 e. The lowest BCUT2D eigenvalue weighted by Gasteiger charge is -2.24. The van der Waals surface area contributed by atoms with Crippen LogP contribution in [0.2, 0.25) is 5.02 Å². The van der Waals surface area contributed by atoms with Crippen LogP contribution in [-0.2, 0) is 11.3 Å². The van der Waals surface area contributed by atoms with E-state index in [1.807, 2.05) is 20.8 Å². The highest BCUT2D eigenvalue weighted by Gasteiger charge is 2.19. The van der Waals surface area contributed by atoms with E-state index >= 15 is 0 Å². The normalized spacial score (nSPS) is 11.2. The van der Waals surface area contributed by atoms with Gasteiger partial charge in [0, 0.05) is 32.9 Å². The summed E-state index contributed by atoms with van der Waals surface area (Å²) in [6, 6.07) is 3.60. The van der Waals surface area contributed by atoms with Gasteiger partial charge in [0.05, 0.1) is 10.7 Å². The predicted octanol–water partition coefficient (Wildman–Crippen LogP) is 2.69. The van der Waals surface area contributed by atoms with E-state index in [1.165, 1.54) is 4.90 Å². The molecule has 1 amide bonds. The molecule has 0 bridgehead atoms. The Morgan fingerprint density at radius 1 is 1.50 bits per heavy atom. The first-order valence-electron chi connectivity index (χ1n) is 6.54. The Morgan fingerprint density at radius 2 is 2.20 bits per heavy atom. The van der Waals surface area contributed by atoms with Gasteiger partial charge < -0.3 is 15.0 Å². The van der Waals surface area contributed by atoms with E-state index in [2.05, 4.69) is 10.3 Å². The van der Waals surface area contributed by atoms with Crippen molar-refractivity contribution in [3.63, 3.8) is 0 Å². The van der Waals surface area contributed by atoms with E-state index in [1.54, 1.807) is 25.4 Å². The molecule has 0 radical (unpaired) electrons. The molecule has 6 heteroatoms. The molecule has 0 aromatic carbocycles. The maximum absolute atomic E-state index is 11.7. The molecule has 0 fully saturated rings. The van der Waals surface area contributed by atoms with Crippen LogP contribution in [-0.4, -0.2) is 41.7 Å². The van der Waals surface area contributed by atoms with Crippen molar-refractivity contribution in [2.24, 2.45) is 0 Å². The third kappa shape index (κ3) is 6.21. The van der Waals surface area contributed by atoms with Crippen LogP contribution in [0.15, 0.2) is 18.3 Å². The van der Waals surface area contributed by atoms with Crippen LogP contribution < -0.4 is 5.32 Å². The summed E-state index contributed by atoms with van der Waals surface area (Å²) in [5.41, 5.74) is 0.328. The van der Waals surface area contributed by atoms with Gasteiger partial charge in [0.1, 0.15) is 5.60 Å². The smallest absolute Gasteiger partial charge is 0.410 e. The fraction of sp³-hybridized carbons (Fsp3) is 0.571. The molecular formula is C14H22ClN3O2. The van der Waals surface area contributed by atoms with Gasteiger partial charge in [-0.2, -0.15) is 0 Å². The van der Waals surface area contributed by atoms with E-state index in [0.717, 1.165) is 5.69 Å². The average Bonchev–Trinajstić information content (AvgIpc) is 2.34. The van der Waals surface area contributed by atoms with Gasteiger partial charge >= 0.3 is 6.09 Å². The number of aromatic nitrogens is 1. The zero-order valence-corrected chi connectivity index (χ0v) is 13.2. The summed E-state index contributed by atoms with van der Waals surface area (Å²) in [4.78, 5) is 17.4. The molecular weight excluding hydrogens is 278 g/mol.